The molecule has 0 saturated carbocycles. The fourth-order valence-corrected chi connectivity index (χ4v) is 3.45. The number of hydrogen-bond donors (Lipinski definition) is 2. The van der Waals surface area contributed by atoms with Crippen LogP contribution in [0, 0.1) is 13.8 Å². The summed E-state index contributed by atoms with van der Waals surface area (Å²) in [7, 11) is 0. The van der Waals surface area contributed by atoms with Gasteiger partial charge in [-0.3, -0.25) is 0 Å². The van der Waals surface area contributed by atoms with Crippen molar-refractivity contribution in [1.29, 1.82) is 0 Å². The van der Waals surface area contributed by atoms with Gasteiger partial charge in [0.2, 0.25) is 0 Å². The van der Waals surface area contributed by atoms with Crippen LogP contribution in [0.2, 0.25) is 0 Å². The van der Waals surface area contributed by atoms with Crippen LogP contribution in [0.15, 0.2) is 4.99 Å². The Hall–Kier alpha value is -0.450. The van der Waals surface area contributed by atoms with E-state index in [-0.39, 0.29) is 24.0 Å². The summed E-state index contributed by atoms with van der Waals surface area (Å²) in [6, 6.07) is 0. The van der Waals surface area contributed by atoms with Gasteiger partial charge in [0.1, 0.15) is 0 Å². The second-order valence-corrected chi connectivity index (χ2v) is 7.21. The van der Waals surface area contributed by atoms with E-state index < -0.39 is 0 Å². The molecule has 1 aromatic rings. The summed E-state index contributed by atoms with van der Waals surface area (Å²) in [4.78, 5) is 10.3. The van der Waals surface area contributed by atoms with Crippen LogP contribution >= 0.6 is 35.3 Å². The summed E-state index contributed by atoms with van der Waals surface area (Å²) in [5, 5.41) is 7.73. The van der Waals surface area contributed by atoms with Gasteiger partial charge in [-0.1, -0.05) is 0 Å². The summed E-state index contributed by atoms with van der Waals surface area (Å²) in [5.74, 6) is 0.849. The monoisotopic (exact) mass is 482 g/mol. The molecule has 1 fully saturated rings. The lowest BCUT2D eigenvalue weighted by Crippen LogP contribution is -2.38. The first-order chi connectivity index (χ1) is 11.7. The van der Waals surface area contributed by atoms with Crippen LogP contribution in [0.3, 0.4) is 0 Å². The van der Waals surface area contributed by atoms with Gasteiger partial charge in [0, 0.05) is 31.2 Å². The molecule has 0 aromatic carbocycles. The quantitative estimate of drug-likeness (QED) is 0.245. The number of halogens is 1. The molecule has 1 unspecified atom stereocenters. The molecule has 2 N–H and O–H groups in total. The molecule has 1 aliphatic rings. The van der Waals surface area contributed by atoms with E-state index in [1.54, 1.807) is 11.3 Å². The maximum absolute atomic E-state index is 5.68. The molecule has 8 heteroatoms. The van der Waals surface area contributed by atoms with Crippen molar-refractivity contribution in [2.24, 2.45) is 4.99 Å². The van der Waals surface area contributed by atoms with Crippen molar-refractivity contribution in [2.75, 3.05) is 32.9 Å². The minimum absolute atomic E-state index is 0. The molecule has 0 spiro atoms. The topological polar surface area (TPSA) is 67.8 Å². The number of hydrogen-bond acceptors (Lipinski definition) is 5. The first kappa shape index (κ1) is 22.6. The van der Waals surface area contributed by atoms with E-state index >= 15 is 0 Å². The molecule has 1 atom stereocenters. The zero-order chi connectivity index (χ0) is 17.2. The average Bonchev–Trinajstić information content (AvgIpc) is 3.17. The number of ether oxygens (including phenoxy) is 2. The van der Waals surface area contributed by atoms with Crippen molar-refractivity contribution in [3.8, 4) is 0 Å². The third-order valence-corrected chi connectivity index (χ3v) is 4.87. The minimum Gasteiger partial charge on any atom is -0.379 e. The first-order valence-corrected chi connectivity index (χ1v) is 9.65. The zero-order valence-corrected chi connectivity index (χ0v) is 18.6. The summed E-state index contributed by atoms with van der Waals surface area (Å²) < 4.78 is 11.2. The van der Waals surface area contributed by atoms with Gasteiger partial charge in [-0.25, -0.2) is 9.98 Å². The van der Waals surface area contributed by atoms with Crippen LogP contribution in [0.5, 0.6) is 0 Å². The highest BCUT2D eigenvalue weighted by Crippen LogP contribution is 2.17. The van der Waals surface area contributed by atoms with Crippen LogP contribution in [0.25, 0.3) is 0 Å². The molecule has 25 heavy (non-hydrogen) atoms. The number of nitrogens with one attached hydrogen (secondary N) is 2. The van der Waals surface area contributed by atoms with Crippen LogP contribution in [0.4, 0.5) is 0 Å². The predicted octanol–water partition coefficient (Wildman–Crippen LogP) is 3.02. The van der Waals surface area contributed by atoms with Crippen molar-refractivity contribution in [2.45, 2.75) is 52.7 Å². The molecule has 0 amide bonds. The van der Waals surface area contributed by atoms with Crippen molar-refractivity contribution >= 4 is 41.3 Å². The van der Waals surface area contributed by atoms with Gasteiger partial charge in [0.25, 0.3) is 0 Å². The molecular weight excluding hydrogens is 451 g/mol. The van der Waals surface area contributed by atoms with E-state index in [1.165, 1.54) is 4.88 Å². The van der Waals surface area contributed by atoms with Gasteiger partial charge in [-0.15, -0.1) is 35.3 Å². The molecule has 1 aliphatic heterocycles. The molecule has 0 aliphatic carbocycles. The van der Waals surface area contributed by atoms with Gasteiger partial charge in [-0.05, 0) is 40.0 Å². The molecule has 1 saturated heterocycles. The van der Waals surface area contributed by atoms with Crippen LogP contribution < -0.4 is 10.6 Å². The lowest BCUT2D eigenvalue weighted by atomic mass is 10.2. The zero-order valence-electron chi connectivity index (χ0n) is 15.5. The Labute approximate surface area is 172 Å². The lowest BCUT2D eigenvalue weighted by molar-refractivity contribution is 0.0168. The molecule has 144 valence electrons. The molecular formula is C17H31IN4O2S. The van der Waals surface area contributed by atoms with E-state index in [9.17, 15) is 0 Å². The van der Waals surface area contributed by atoms with Gasteiger partial charge in [0.15, 0.2) is 5.96 Å². The van der Waals surface area contributed by atoms with Gasteiger partial charge in [-0.2, -0.15) is 0 Å². The number of aryl methyl sites for hydroxylation is 2. The molecule has 2 rings (SSSR count). The number of nitrogens with zero attached hydrogens (tertiary/aromatic N) is 2. The smallest absolute Gasteiger partial charge is 0.191 e. The molecule has 0 bridgehead atoms. The van der Waals surface area contributed by atoms with Crippen molar-refractivity contribution in [3.63, 3.8) is 0 Å². The van der Waals surface area contributed by atoms with Crippen molar-refractivity contribution in [1.82, 2.24) is 15.6 Å². The van der Waals surface area contributed by atoms with Crippen LogP contribution in [0.1, 0.15) is 41.8 Å². The van der Waals surface area contributed by atoms with E-state index in [4.69, 9.17) is 9.47 Å². The predicted molar refractivity (Wildman–Crippen MR) is 114 cm³/mol. The normalized spacial score (nSPS) is 17.4. The number of aliphatic imine (C=N–C) groups is 1. The number of rotatable bonds is 9. The first-order valence-electron chi connectivity index (χ1n) is 8.83. The average molecular weight is 482 g/mol. The highest BCUT2D eigenvalue weighted by Gasteiger charge is 2.14. The second-order valence-electron chi connectivity index (χ2n) is 5.93. The minimum atomic E-state index is 0. The Morgan fingerprint density at radius 1 is 1.40 bits per heavy atom. The molecule has 6 nitrogen and oxygen atoms in total. The Kier molecular flexibility index (Phi) is 11.6. The third-order valence-electron chi connectivity index (χ3n) is 3.81. The van der Waals surface area contributed by atoms with Gasteiger partial charge < -0.3 is 20.1 Å². The summed E-state index contributed by atoms with van der Waals surface area (Å²) in [6.45, 7) is 10.9. The summed E-state index contributed by atoms with van der Waals surface area (Å²) >= 11 is 1.72. The lowest BCUT2D eigenvalue weighted by Gasteiger charge is -2.12. The fraction of sp³-hybridized carbons (Fsp3) is 0.765. The second kappa shape index (κ2) is 12.8. The summed E-state index contributed by atoms with van der Waals surface area (Å²) in [6.07, 6.45) is 3.56. The molecule has 1 aromatic heterocycles. The Bertz CT molecular complexity index is 519. The van der Waals surface area contributed by atoms with Crippen LogP contribution in [-0.4, -0.2) is 50.0 Å². The maximum Gasteiger partial charge on any atom is 0.191 e. The Morgan fingerprint density at radius 3 is 2.88 bits per heavy atom. The highest BCUT2D eigenvalue weighted by atomic mass is 127. The number of guanidine groups is 1. The third kappa shape index (κ3) is 8.65. The fourth-order valence-electron chi connectivity index (χ4n) is 2.58. The van der Waals surface area contributed by atoms with E-state index in [2.05, 4.69) is 27.5 Å². The van der Waals surface area contributed by atoms with Crippen molar-refractivity contribution < 1.29 is 9.47 Å². The molecule has 0 radical (unpaired) electrons. The SMILES string of the molecule is CCNC(=NCc1sc(C)nc1C)NCCCOCC1CCCO1.I. The Balaban J connectivity index is 0.00000312. The van der Waals surface area contributed by atoms with Gasteiger partial charge in [0.05, 0.1) is 30.0 Å². The standard InChI is InChI=1S/C17H30N4O2S.HI/c1-4-18-17(20-11-16-13(2)21-14(3)24-16)19-8-6-9-22-12-15-7-5-10-23-15;/h15H,4-12H2,1-3H3,(H2,18,19,20);1H. The maximum atomic E-state index is 5.68. The number of thiazole rings is 1. The van der Waals surface area contributed by atoms with Crippen molar-refractivity contribution in [3.05, 3.63) is 15.6 Å². The highest BCUT2D eigenvalue weighted by molar-refractivity contribution is 14.0. The summed E-state index contributed by atoms with van der Waals surface area (Å²) in [5.41, 5.74) is 1.08. The van der Waals surface area contributed by atoms with E-state index in [1.807, 2.05) is 13.8 Å². The van der Waals surface area contributed by atoms with E-state index in [0.29, 0.717) is 12.6 Å². The molecule has 2 heterocycles. The van der Waals surface area contributed by atoms with E-state index in [0.717, 1.165) is 68.8 Å². The largest absolute Gasteiger partial charge is 0.379 e. The van der Waals surface area contributed by atoms with Crippen LogP contribution in [-0.2, 0) is 16.0 Å². The Morgan fingerprint density at radius 2 is 2.24 bits per heavy atom. The van der Waals surface area contributed by atoms with Gasteiger partial charge >= 0.3 is 0 Å². The number of aromatic nitrogens is 1.